The summed E-state index contributed by atoms with van der Waals surface area (Å²) in [5.74, 6) is -0.165. The van der Waals surface area contributed by atoms with Gasteiger partial charge in [-0.25, -0.2) is 8.42 Å². The smallest absolute Gasteiger partial charge is 0.261 e. The maximum absolute atomic E-state index is 12.4. The van der Waals surface area contributed by atoms with Crippen molar-refractivity contribution in [3.63, 3.8) is 0 Å². The largest absolute Gasteiger partial charge is 0.347 e. The molecule has 0 aliphatic carbocycles. The maximum atomic E-state index is 12.4. The minimum Gasteiger partial charge on any atom is -0.347 e. The van der Waals surface area contributed by atoms with Crippen LogP contribution in [0.3, 0.4) is 0 Å². The first-order valence-electron chi connectivity index (χ1n) is 7.51. The van der Waals surface area contributed by atoms with E-state index in [1.165, 1.54) is 11.3 Å². The van der Waals surface area contributed by atoms with Gasteiger partial charge in [0.15, 0.2) is 0 Å². The SMILES string of the molecule is Cc1nn(C)c2sc(C(=O)NCc3cccc(NS(C)(=O)=O)c3)cc12. The minimum absolute atomic E-state index is 0.165. The van der Waals surface area contributed by atoms with Crippen molar-refractivity contribution in [2.24, 2.45) is 7.05 Å². The molecule has 25 heavy (non-hydrogen) atoms. The molecular formula is C16H18N4O3S2. The normalized spacial score (nSPS) is 11.6. The van der Waals surface area contributed by atoms with Crippen molar-refractivity contribution in [1.29, 1.82) is 0 Å². The molecule has 3 aromatic rings. The number of amides is 1. The molecule has 0 saturated heterocycles. The standard InChI is InChI=1S/C16H18N4O3S2/c1-10-13-8-14(24-16(13)20(2)18-10)15(21)17-9-11-5-4-6-12(7-11)19-25(3,22)23/h4-8,19H,9H2,1-3H3,(H,17,21). The van der Waals surface area contributed by atoms with E-state index in [2.05, 4.69) is 15.1 Å². The van der Waals surface area contributed by atoms with E-state index in [1.54, 1.807) is 22.9 Å². The predicted octanol–water partition coefficient (Wildman–Crippen LogP) is 2.24. The monoisotopic (exact) mass is 378 g/mol. The highest BCUT2D eigenvalue weighted by atomic mass is 32.2. The van der Waals surface area contributed by atoms with Crippen LogP contribution in [0.1, 0.15) is 20.9 Å². The van der Waals surface area contributed by atoms with Crippen LogP contribution in [0.5, 0.6) is 0 Å². The molecule has 9 heteroatoms. The third-order valence-electron chi connectivity index (χ3n) is 3.60. The molecule has 0 atom stereocenters. The van der Waals surface area contributed by atoms with Crippen LogP contribution in [0, 0.1) is 6.92 Å². The number of nitrogens with one attached hydrogen (secondary N) is 2. The number of rotatable bonds is 5. The molecule has 132 valence electrons. The summed E-state index contributed by atoms with van der Waals surface area (Å²) >= 11 is 1.40. The number of thiophene rings is 1. The average Bonchev–Trinajstić information content (AvgIpc) is 3.06. The Bertz CT molecular complexity index is 1020. The summed E-state index contributed by atoms with van der Waals surface area (Å²) in [6, 6.07) is 8.77. The van der Waals surface area contributed by atoms with E-state index in [0.29, 0.717) is 17.1 Å². The first-order valence-corrected chi connectivity index (χ1v) is 10.2. The molecule has 2 heterocycles. The number of hydrogen-bond donors (Lipinski definition) is 2. The first kappa shape index (κ1) is 17.4. The first-order chi connectivity index (χ1) is 11.7. The lowest BCUT2D eigenvalue weighted by Gasteiger charge is -2.07. The van der Waals surface area contributed by atoms with Gasteiger partial charge in [-0.3, -0.25) is 14.2 Å². The molecule has 2 N–H and O–H groups in total. The number of aryl methyl sites for hydroxylation is 2. The van der Waals surface area contributed by atoms with Crippen LogP contribution >= 0.6 is 11.3 Å². The number of carbonyl (C=O) groups excluding carboxylic acids is 1. The highest BCUT2D eigenvalue weighted by molar-refractivity contribution is 7.92. The Kier molecular flexibility index (Phi) is 4.53. The van der Waals surface area contributed by atoms with Crippen molar-refractivity contribution < 1.29 is 13.2 Å². The number of sulfonamides is 1. The zero-order valence-corrected chi connectivity index (χ0v) is 15.7. The number of nitrogens with zero attached hydrogens (tertiary/aromatic N) is 2. The molecule has 7 nitrogen and oxygen atoms in total. The van der Waals surface area contributed by atoms with Gasteiger partial charge < -0.3 is 5.32 Å². The van der Waals surface area contributed by atoms with Crippen molar-refractivity contribution in [1.82, 2.24) is 15.1 Å². The van der Waals surface area contributed by atoms with Gasteiger partial charge in [0.1, 0.15) is 4.83 Å². The van der Waals surface area contributed by atoms with E-state index in [4.69, 9.17) is 0 Å². The van der Waals surface area contributed by atoms with Crippen LogP contribution < -0.4 is 10.0 Å². The van der Waals surface area contributed by atoms with Gasteiger partial charge in [0.2, 0.25) is 10.0 Å². The van der Waals surface area contributed by atoms with Crippen LogP contribution in [-0.4, -0.2) is 30.4 Å². The highest BCUT2D eigenvalue weighted by Gasteiger charge is 2.15. The maximum Gasteiger partial charge on any atom is 0.261 e. The van der Waals surface area contributed by atoms with E-state index < -0.39 is 10.0 Å². The number of hydrogen-bond acceptors (Lipinski definition) is 5. The molecule has 2 aromatic heterocycles. The molecule has 0 radical (unpaired) electrons. The van der Waals surface area contributed by atoms with Crippen molar-refractivity contribution in [2.75, 3.05) is 11.0 Å². The van der Waals surface area contributed by atoms with Crippen LogP contribution in [0.4, 0.5) is 5.69 Å². The number of carbonyl (C=O) groups is 1. The van der Waals surface area contributed by atoms with Gasteiger partial charge in [-0.1, -0.05) is 12.1 Å². The van der Waals surface area contributed by atoms with E-state index >= 15 is 0 Å². The summed E-state index contributed by atoms with van der Waals surface area (Å²) in [7, 11) is -1.47. The molecule has 0 aliphatic rings. The molecule has 0 unspecified atom stereocenters. The predicted molar refractivity (Wildman–Crippen MR) is 99.4 cm³/mol. The topological polar surface area (TPSA) is 93.1 Å². The third-order valence-corrected chi connectivity index (χ3v) is 5.41. The summed E-state index contributed by atoms with van der Waals surface area (Å²) in [5, 5.41) is 8.17. The minimum atomic E-state index is -3.33. The fraction of sp³-hybridized carbons (Fsp3) is 0.250. The van der Waals surface area contributed by atoms with Crippen molar-refractivity contribution in [3.8, 4) is 0 Å². The molecule has 0 saturated carbocycles. The number of benzene rings is 1. The Labute approximate surface area is 149 Å². The molecular weight excluding hydrogens is 360 g/mol. The number of anilines is 1. The fourth-order valence-corrected chi connectivity index (χ4v) is 4.14. The quantitative estimate of drug-likeness (QED) is 0.712. The van der Waals surface area contributed by atoms with Crippen LogP contribution in [0.15, 0.2) is 30.3 Å². The Morgan fingerprint density at radius 3 is 2.76 bits per heavy atom. The number of fused-ring (bicyclic) bond motifs is 1. The van der Waals surface area contributed by atoms with E-state index in [9.17, 15) is 13.2 Å². The van der Waals surface area contributed by atoms with Gasteiger partial charge in [-0.05, 0) is 30.7 Å². The Morgan fingerprint density at radius 2 is 2.08 bits per heavy atom. The van der Waals surface area contributed by atoms with E-state index in [-0.39, 0.29) is 5.91 Å². The Hall–Kier alpha value is -2.39. The summed E-state index contributed by atoms with van der Waals surface area (Å²) in [6.07, 6.45) is 1.10. The van der Waals surface area contributed by atoms with Gasteiger partial charge in [-0.2, -0.15) is 5.10 Å². The van der Waals surface area contributed by atoms with Crippen molar-refractivity contribution in [3.05, 3.63) is 46.5 Å². The van der Waals surface area contributed by atoms with Crippen LogP contribution in [0.2, 0.25) is 0 Å². The lowest BCUT2D eigenvalue weighted by Crippen LogP contribution is -2.21. The van der Waals surface area contributed by atoms with Gasteiger partial charge in [0, 0.05) is 24.7 Å². The molecule has 0 spiro atoms. The summed E-state index contributed by atoms with van der Waals surface area (Å²) < 4.78 is 26.8. The van der Waals surface area contributed by atoms with E-state index in [1.807, 2.05) is 26.1 Å². The highest BCUT2D eigenvalue weighted by Crippen LogP contribution is 2.27. The average molecular weight is 378 g/mol. The zero-order chi connectivity index (χ0) is 18.2. The van der Waals surface area contributed by atoms with Gasteiger partial charge >= 0.3 is 0 Å². The lowest BCUT2D eigenvalue weighted by molar-refractivity contribution is 0.0955. The third kappa shape index (κ3) is 3.99. The summed E-state index contributed by atoms with van der Waals surface area (Å²) in [4.78, 5) is 14.0. The molecule has 3 rings (SSSR count). The van der Waals surface area contributed by atoms with Crippen LogP contribution in [0.25, 0.3) is 10.2 Å². The molecule has 0 bridgehead atoms. The molecule has 1 aromatic carbocycles. The molecule has 0 fully saturated rings. The van der Waals surface area contributed by atoms with Gasteiger partial charge in [0.05, 0.1) is 16.8 Å². The number of aromatic nitrogens is 2. The Morgan fingerprint density at radius 1 is 1.32 bits per heavy atom. The second-order valence-electron chi connectivity index (χ2n) is 5.80. The van der Waals surface area contributed by atoms with Crippen molar-refractivity contribution in [2.45, 2.75) is 13.5 Å². The van der Waals surface area contributed by atoms with Gasteiger partial charge in [0.25, 0.3) is 5.91 Å². The van der Waals surface area contributed by atoms with E-state index in [0.717, 1.165) is 27.7 Å². The Balaban J connectivity index is 1.71. The summed E-state index contributed by atoms with van der Waals surface area (Å²) in [5.41, 5.74) is 2.17. The molecule has 1 amide bonds. The van der Waals surface area contributed by atoms with Crippen molar-refractivity contribution >= 4 is 43.2 Å². The summed E-state index contributed by atoms with van der Waals surface area (Å²) in [6.45, 7) is 2.22. The molecule has 0 aliphatic heterocycles. The van der Waals surface area contributed by atoms with Crippen LogP contribution in [-0.2, 0) is 23.6 Å². The fourth-order valence-electron chi connectivity index (χ4n) is 2.55. The zero-order valence-electron chi connectivity index (χ0n) is 14.0. The van der Waals surface area contributed by atoms with Gasteiger partial charge in [-0.15, -0.1) is 11.3 Å². The second-order valence-corrected chi connectivity index (χ2v) is 8.57. The lowest BCUT2D eigenvalue weighted by atomic mass is 10.2. The second kappa shape index (κ2) is 6.49.